The molecule has 0 saturated carbocycles. The SMILES string of the molecule is Cc1cc(N)cc(C(=O)Nc2ccc(C)c(O)c2)c1. The molecule has 0 aromatic heterocycles. The summed E-state index contributed by atoms with van der Waals surface area (Å²) in [6, 6.07) is 10.2. The number of carbonyl (C=O) groups excluding carboxylic acids is 1. The summed E-state index contributed by atoms with van der Waals surface area (Å²) in [5.74, 6) is -0.0970. The Kier molecular flexibility index (Phi) is 3.42. The molecule has 0 aliphatic rings. The average molecular weight is 256 g/mol. The number of amides is 1. The number of aryl methyl sites for hydroxylation is 2. The molecule has 0 saturated heterocycles. The topological polar surface area (TPSA) is 75.4 Å². The second-order valence-corrected chi connectivity index (χ2v) is 4.59. The zero-order valence-electron chi connectivity index (χ0n) is 10.9. The van der Waals surface area contributed by atoms with Gasteiger partial charge in [0.1, 0.15) is 5.75 Å². The van der Waals surface area contributed by atoms with Crippen LogP contribution in [0.3, 0.4) is 0 Å². The molecule has 0 aliphatic heterocycles. The Bertz CT molecular complexity index is 616. The van der Waals surface area contributed by atoms with Gasteiger partial charge in [-0.1, -0.05) is 6.07 Å². The van der Waals surface area contributed by atoms with Crippen molar-refractivity contribution in [1.82, 2.24) is 0 Å². The van der Waals surface area contributed by atoms with Crippen molar-refractivity contribution in [2.75, 3.05) is 11.1 Å². The molecule has 0 fully saturated rings. The van der Waals surface area contributed by atoms with E-state index in [1.54, 1.807) is 37.3 Å². The monoisotopic (exact) mass is 256 g/mol. The van der Waals surface area contributed by atoms with Crippen molar-refractivity contribution in [1.29, 1.82) is 0 Å². The summed E-state index contributed by atoms with van der Waals surface area (Å²) < 4.78 is 0. The van der Waals surface area contributed by atoms with Gasteiger partial charge in [-0.15, -0.1) is 0 Å². The van der Waals surface area contributed by atoms with Crippen LogP contribution in [0.4, 0.5) is 11.4 Å². The molecule has 0 atom stereocenters. The van der Waals surface area contributed by atoms with Crippen LogP contribution in [-0.4, -0.2) is 11.0 Å². The number of nitrogens with two attached hydrogens (primary N) is 1. The van der Waals surface area contributed by atoms with Gasteiger partial charge in [-0.25, -0.2) is 0 Å². The van der Waals surface area contributed by atoms with E-state index in [1.807, 2.05) is 6.92 Å². The number of anilines is 2. The Hall–Kier alpha value is -2.49. The van der Waals surface area contributed by atoms with Crippen LogP contribution in [0.2, 0.25) is 0 Å². The van der Waals surface area contributed by atoms with Gasteiger partial charge in [0.2, 0.25) is 0 Å². The van der Waals surface area contributed by atoms with Crippen LogP contribution in [0.25, 0.3) is 0 Å². The third-order valence-corrected chi connectivity index (χ3v) is 2.83. The van der Waals surface area contributed by atoms with E-state index >= 15 is 0 Å². The van der Waals surface area contributed by atoms with Crippen LogP contribution in [0.15, 0.2) is 36.4 Å². The number of hydrogen-bond donors (Lipinski definition) is 3. The molecule has 4 N–H and O–H groups in total. The number of phenols is 1. The zero-order chi connectivity index (χ0) is 14.0. The van der Waals surface area contributed by atoms with Gasteiger partial charge >= 0.3 is 0 Å². The second-order valence-electron chi connectivity index (χ2n) is 4.59. The molecule has 2 aromatic carbocycles. The maximum absolute atomic E-state index is 12.1. The van der Waals surface area contributed by atoms with Crippen molar-refractivity contribution < 1.29 is 9.90 Å². The fraction of sp³-hybridized carbons (Fsp3) is 0.133. The standard InChI is InChI=1S/C15H16N2O2/c1-9-5-11(7-12(16)6-9)15(19)17-13-4-3-10(2)14(18)8-13/h3-8,18H,16H2,1-2H3,(H,17,19). The highest BCUT2D eigenvalue weighted by molar-refractivity contribution is 6.05. The first-order valence-electron chi connectivity index (χ1n) is 5.94. The first-order chi connectivity index (χ1) is 8.95. The Labute approximate surface area is 111 Å². The van der Waals surface area contributed by atoms with E-state index in [0.717, 1.165) is 11.1 Å². The summed E-state index contributed by atoms with van der Waals surface area (Å²) in [4.78, 5) is 12.1. The third kappa shape index (κ3) is 3.04. The number of phenolic OH excluding ortho intramolecular Hbond substituents is 1. The van der Waals surface area contributed by atoms with Crippen molar-refractivity contribution in [3.8, 4) is 5.75 Å². The maximum Gasteiger partial charge on any atom is 0.255 e. The lowest BCUT2D eigenvalue weighted by molar-refractivity contribution is 0.102. The maximum atomic E-state index is 12.1. The molecule has 2 aromatic rings. The van der Waals surface area contributed by atoms with Gasteiger partial charge in [-0.05, 0) is 49.2 Å². The van der Waals surface area contributed by atoms with Crippen LogP contribution in [0.5, 0.6) is 5.75 Å². The largest absolute Gasteiger partial charge is 0.508 e. The minimum absolute atomic E-state index is 0.154. The van der Waals surface area contributed by atoms with Crippen LogP contribution < -0.4 is 11.1 Å². The number of aromatic hydroxyl groups is 1. The van der Waals surface area contributed by atoms with Crippen LogP contribution >= 0.6 is 0 Å². The highest BCUT2D eigenvalue weighted by Gasteiger charge is 2.08. The van der Waals surface area contributed by atoms with E-state index in [1.165, 1.54) is 6.07 Å². The van der Waals surface area contributed by atoms with Gasteiger partial charge in [0.05, 0.1) is 0 Å². The highest BCUT2D eigenvalue weighted by atomic mass is 16.3. The van der Waals surface area contributed by atoms with E-state index in [9.17, 15) is 9.90 Å². The number of rotatable bonds is 2. The van der Waals surface area contributed by atoms with E-state index in [4.69, 9.17) is 5.73 Å². The Morgan fingerprint density at radius 3 is 2.53 bits per heavy atom. The van der Waals surface area contributed by atoms with Gasteiger partial charge in [-0.3, -0.25) is 4.79 Å². The molecule has 4 heteroatoms. The summed E-state index contributed by atoms with van der Waals surface area (Å²) in [5.41, 5.74) is 9.00. The zero-order valence-corrected chi connectivity index (χ0v) is 10.9. The van der Waals surface area contributed by atoms with Crippen molar-refractivity contribution in [2.45, 2.75) is 13.8 Å². The molecule has 19 heavy (non-hydrogen) atoms. The van der Waals surface area contributed by atoms with Gasteiger partial charge < -0.3 is 16.2 Å². The summed E-state index contributed by atoms with van der Waals surface area (Å²) in [6.45, 7) is 3.67. The minimum Gasteiger partial charge on any atom is -0.508 e. The minimum atomic E-state index is -0.251. The summed E-state index contributed by atoms with van der Waals surface area (Å²) in [5, 5.41) is 12.3. The lowest BCUT2D eigenvalue weighted by atomic mass is 10.1. The predicted molar refractivity (Wildman–Crippen MR) is 76.4 cm³/mol. The van der Waals surface area contributed by atoms with Crippen LogP contribution in [0, 0.1) is 13.8 Å². The summed E-state index contributed by atoms with van der Waals surface area (Å²) in [6.07, 6.45) is 0. The second kappa shape index (κ2) is 5.02. The fourth-order valence-corrected chi connectivity index (χ4v) is 1.83. The highest BCUT2D eigenvalue weighted by Crippen LogP contribution is 2.21. The van der Waals surface area contributed by atoms with Gasteiger partial charge in [0, 0.05) is 23.0 Å². The van der Waals surface area contributed by atoms with Gasteiger partial charge in [-0.2, -0.15) is 0 Å². The van der Waals surface area contributed by atoms with Crippen molar-refractivity contribution >= 4 is 17.3 Å². The molecule has 98 valence electrons. The Morgan fingerprint density at radius 2 is 1.89 bits per heavy atom. The molecular weight excluding hydrogens is 240 g/mol. The number of carbonyl (C=O) groups is 1. The van der Waals surface area contributed by atoms with Gasteiger partial charge in [0.25, 0.3) is 5.91 Å². The summed E-state index contributed by atoms with van der Waals surface area (Å²) >= 11 is 0. The van der Waals surface area contributed by atoms with E-state index in [0.29, 0.717) is 16.9 Å². The predicted octanol–water partition coefficient (Wildman–Crippen LogP) is 2.84. The molecule has 0 radical (unpaired) electrons. The van der Waals surface area contributed by atoms with E-state index < -0.39 is 0 Å². The van der Waals surface area contributed by atoms with Crippen molar-refractivity contribution in [2.24, 2.45) is 0 Å². The van der Waals surface area contributed by atoms with Crippen LogP contribution in [-0.2, 0) is 0 Å². The smallest absolute Gasteiger partial charge is 0.255 e. The van der Waals surface area contributed by atoms with Crippen molar-refractivity contribution in [3.63, 3.8) is 0 Å². The van der Waals surface area contributed by atoms with Crippen molar-refractivity contribution in [3.05, 3.63) is 53.1 Å². The summed E-state index contributed by atoms with van der Waals surface area (Å²) in [7, 11) is 0. The van der Waals surface area contributed by atoms with E-state index in [2.05, 4.69) is 5.32 Å². The normalized spacial score (nSPS) is 10.2. The molecule has 1 amide bonds. The third-order valence-electron chi connectivity index (χ3n) is 2.83. The Balaban J connectivity index is 2.22. The van der Waals surface area contributed by atoms with Gasteiger partial charge in [0.15, 0.2) is 0 Å². The number of nitrogen functional groups attached to an aromatic ring is 1. The average Bonchev–Trinajstić information content (AvgIpc) is 2.32. The molecule has 0 spiro atoms. The molecular formula is C15H16N2O2. The molecule has 0 heterocycles. The fourth-order valence-electron chi connectivity index (χ4n) is 1.83. The van der Waals surface area contributed by atoms with Crippen LogP contribution in [0.1, 0.15) is 21.5 Å². The molecule has 0 aliphatic carbocycles. The first-order valence-corrected chi connectivity index (χ1v) is 5.94. The molecule has 0 bridgehead atoms. The first kappa shape index (κ1) is 13.0. The van der Waals surface area contributed by atoms with E-state index in [-0.39, 0.29) is 11.7 Å². The lowest BCUT2D eigenvalue weighted by Crippen LogP contribution is -2.12. The number of benzene rings is 2. The molecule has 0 unspecified atom stereocenters. The number of hydrogen-bond acceptors (Lipinski definition) is 3. The lowest BCUT2D eigenvalue weighted by Gasteiger charge is -2.08. The Morgan fingerprint density at radius 1 is 1.16 bits per heavy atom. The molecule has 4 nitrogen and oxygen atoms in total. The quantitative estimate of drug-likeness (QED) is 0.723. The molecule has 2 rings (SSSR count). The number of nitrogens with one attached hydrogen (secondary N) is 1.